The van der Waals surface area contributed by atoms with Crippen LogP contribution in [0.3, 0.4) is 0 Å². The molecule has 0 aliphatic carbocycles. The summed E-state index contributed by atoms with van der Waals surface area (Å²) in [6.45, 7) is 10.4. The van der Waals surface area contributed by atoms with Crippen LogP contribution in [0, 0.1) is 13.5 Å². The molecule has 7 heteroatoms. The standard InChI is InChI=1S/C17H19ClFN3O2/c1-10-11(4-5-13(20-2)14(10)18)15-17(24-9-8-23-3)16-12(19)6-7-22(16)21-15/h4-5,12,16-17H,6-9H2,1,3H3/t12-,16+,17-/m1/s1. The van der Waals surface area contributed by atoms with Crippen molar-refractivity contribution < 1.29 is 13.9 Å². The number of ether oxygens (including phenoxy) is 2. The van der Waals surface area contributed by atoms with E-state index in [1.165, 1.54) is 0 Å². The first-order chi connectivity index (χ1) is 11.6. The van der Waals surface area contributed by atoms with Gasteiger partial charge in [0.2, 0.25) is 5.69 Å². The molecule has 1 saturated heterocycles. The fourth-order valence-electron chi connectivity index (χ4n) is 3.26. The summed E-state index contributed by atoms with van der Waals surface area (Å²) in [5.41, 5.74) is 2.64. The van der Waals surface area contributed by atoms with Crippen LogP contribution in [-0.4, -0.2) is 55.9 Å². The SMILES string of the molecule is [C-]#[N+]c1ccc(C2=NN3CC[C@@H](F)[C@H]3[C@@H]2OCCOC)c(C)c1Cl. The number of rotatable bonds is 5. The van der Waals surface area contributed by atoms with Crippen LogP contribution in [-0.2, 0) is 9.47 Å². The first-order valence-electron chi connectivity index (χ1n) is 7.85. The molecule has 0 amide bonds. The summed E-state index contributed by atoms with van der Waals surface area (Å²) in [5, 5.41) is 6.77. The van der Waals surface area contributed by atoms with Crippen LogP contribution in [0.5, 0.6) is 0 Å². The molecule has 2 aliphatic rings. The van der Waals surface area contributed by atoms with E-state index in [0.717, 1.165) is 11.1 Å². The Morgan fingerprint density at radius 1 is 1.46 bits per heavy atom. The Kier molecular flexibility index (Phi) is 5.04. The van der Waals surface area contributed by atoms with Crippen molar-refractivity contribution in [2.75, 3.05) is 26.9 Å². The van der Waals surface area contributed by atoms with E-state index in [2.05, 4.69) is 9.95 Å². The molecule has 0 saturated carbocycles. The number of hydrazone groups is 1. The third-order valence-electron chi connectivity index (χ3n) is 4.51. The molecule has 24 heavy (non-hydrogen) atoms. The summed E-state index contributed by atoms with van der Waals surface area (Å²) in [6, 6.07) is 3.08. The van der Waals surface area contributed by atoms with Gasteiger partial charge in [-0.15, -0.1) is 0 Å². The minimum absolute atomic E-state index is 0.365. The van der Waals surface area contributed by atoms with Crippen molar-refractivity contribution in [3.63, 3.8) is 0 Å². The van der Waals surface area contributed by atoms with E-state index >= 15 is 0 Å². The predicted octanol–water partition coefficient (Wildman–Crippen LogP) is 3.36. The second-order valence-electron chi connectivity index (χ2n) is 5.91. The van der Waals surface area contributed by atoms with Crippen LogP contribution in [0.15, 0.2) is 17.2 Å². The molecular weight excluding hydrogens is 333 g/mol. The Balaban J connectivity index is 1.96. The Bertz CT molecular complexity index is 704. The highest BCUT2D eigenvalue weighted by molar-refractivity contribution is 6.34. The molecule has 0 radical (unpaired) electrons. The first-order valence-corrected chi connectivity index (χ1v) is 8.23. The number of alkyl halides is 1. The molecule has 3 rings (SSSR count). The van der Waals surface area contributed by atoms with Gasteiger partial charge in [-0.1, -0.05) is 23.7 Å². The third kappa shape index (κ3) is 2.88. The normalized spacial score (nSPS) is 25.5. The number of hydrogen-bond donors (Lipinski definition) is 0. The van der Waals surface area contributed by atoms with Crippen molar-refractivity contribution in [3.8, 4) is 0 Å². The number of halogens is 2. The summed E-state index contributed by atoms with van der Waals surface area (Å²) >= 11 is 6.28. The Labute approximate surface area is 145 Å². The van der Waals surface area contributed by atoms with Crippen LogP contribution in [0.25, 0.3) is 4.85 Å². The smallest absolute Gasteiger partial charge is 0.205 e. The average molecular weight is 352 g/mol. The van der Waals surface area contributed by atoms with Gasteiger partial charge in [0.25, 0.3) is 0 Å². The molecule has 1 aromatic rings. The van der Waals surface area contributed by atoms with Gasteiger partial charge in [0.05, 0.1) is 30.5 Å². The molecule has 128 valence electrons. The number of fused-ring (bicyclic) bond motifs is 1. The monoisotopic (exact) mass is 351 g/mol. The molecule has 3 atom stereocenters. The third-order valence-corrected chi connectivity index (χ3v) is 4.99. The average Bonchev–Trinajstić information content (AvgIpc) is 3.11. The predicted molar refractivity (Wildman–Crippen MR) is 90.6 cm³/mol. The molecule has 2 aliphatic heterocycles. The number of hydrogen-bond acceptors (Lipinski definition) is 4. The highest BCUT2D eigenvalue weighted by atomic mass is 35.5. The number of methoxy groups -OCH3 is 1. The minimum atomic E-state index is -0.975. The molecule has 0 N–H and O–H groups in total. The van der Waals surface area contributed by atoms with E-state index in [-0.39, 0.29) is 0 Å². The molecule has 0 bridgehead atoms. The zero-order chi connectivity index (χ0) is 17.3. The fraction of sp³-hybridized carbons (Fsp3) is 0.529. The van der Waals surface area contributed by atoms with Crippen LogP contribution >= 0.6 is 11.6 Å². The van der Waals surface area contributed by atoms with Crippen molar-refractivity contribution >= 4 is 23.0 Å². The minimum Gasteiger partial charge on any atom is -0.382 e. The maximum atomic E-state index is 14.3. The lowest BCUT2D eigenvalue weighted by Gasteiger charge is -2.23. The van der Waals surface area contributed by atoms with Gasteiger partial charge >= 0.3 is 0 Å². The van der Waals surface area contributed by atoms with E-state index in [0.29, 0.717) is 42.6 Å². The second-order valence-corrected chi connectivity index (χ2v) is 6.29. The summed E-state index contributed by atoms with van der Waals surface area (Å²) in [7, 11) is 1.60. The zero-order valence-corrected chi connectivity index (χ0v) is 14.4. The lowest BCUT2D eigenvalue weighted by Crippen LogP contribution is -2.41. The van der Waals surface area contributed by atoms with E-state index in [1.807, 2.05) is 13.0 Å². The van der Waals surface area contributed by atoms with E-state index in [9.17, 15) is 4.39 Å². The zero-order valence-electron chi connectivity index (χ0n) is 13.6. The van der Waals surface area contributed by atoms with Gasteiger partial charge in [-0.2, -0.15) is 5.10 Å². The summed E-state index contributed by atoms with van der Waals surface area (Å²) in [4.78, 5) is 3.41. The van der Waals surface area contributed by atoms with Crippen LogP contribution in [0.1, 0.15) is 17.5 Å². The second kappa shape index (κ2) is 7.06. The molecular formula is C17H19ClFN3O2. The summed E-state index contributed by atoms with van der Waals surface area (Å²) in [5.74, 6) is 0. The highest BCUT2D eigenvalue weighted by Crippen LogP contribution is 2.37. The lowest BCUT2D eigenvalue weighted by atomic mass is 9.95. The highest BCUT2D eigenvalue weighted by Gasteiger charge is 2.47. The maximum Gasteiger partial charge on any atom is 0.205 e. The quantitative estimate of drug-likeness (QED) is 0.603. The van der Waals surface area contributed by atoms with E-state index in [1.54, 1.807) is 18.2 Å². The van der Waals surface area contributed by atoms with Crippen molar-refractivity contribution in [1.82, 2.24) is 5.01 Å². The largest absolute Gasteiger partial charge is 0.382 e. The number of nitrogens with zero attached hydrogens (tertiary/aromatic N) is 3. The summed E-state index contributed by atoms with van der Waals surface area (Å²) < 4.78 is 25.3. The Hall–Kier alpha value is -1.68. The van der Waals surface area contributed by atoms with Crippen molar-refractivity contribution in [2.24, 2.45) is 5.10 Å². The molecule has 2 heterocycles. The lowest BCUT2D eigenvalue weighted by molar-refractivity contribution is 0.0103. The fourth-order valence-corrected chi connectivity index (χ4v) is 3.47. The molecule has 1 aromatic carbocycles. The van der Waals surface area contributed by atoms with Crippen molar-refractivity contribution in [1.29, 1.82) is 0 Å². The van der Waals surface area contributed by atoms with Crippen LogP contribution < -0.4 is 0 Å². The van der Waals surface area contributed by atoms with Crippen LogP contribution in [0.4, 0.5) is 10.1 Å². The van der Waals surface area contributed by atoms with Gasteiger partial charge in [0.1, 0.15) is 18.3 Å². The van der Waals surface area contributed by atoms with E-state index in [4.69, 9.17) is 27.6 Å². The molecule has 0 unspecified atom stereocenters. The maximum absolute atomic E-state index is 14.3. The Morgan fingerprint density at radius 3 is 2.96 bits per heavy atom. The van der Waals surface area contributed by atoms with Gasteiger partial charge in [-0.25, -0.2) is 9.24 Å². The van der Waals surface area contributed by atoms with Gasteiger partial charge in [-0.05, 0) is 18.9 Å². The van der Waals surface area contributed by atoms with Gasteiger partial charge < -0.3 is 9.47 Å². The van der Waals surface area contributed by atoms with Crippen molar-refractivity contribution in [2.45, 2.75) is 31.7 Å². The molecule has 0 spiro atoms. The molecule has 1 fully saturated rings. The van der Waals surface area contributed by atoms with Crippen LogP contribution in [0.2, 0.25) is 5.02 Å². The topological polar surface area (TPSA) is 38.4 Å². The van der Waals surface area contributed by atoms with Gasteiger partial charge in [-0.3, -0.25) is 5.01 Å². The molecule has 0 aromatic heterocycles. The number of benzene rings is 1. The Morgan fingerprint density at radius 2 is 2.25 bits per heavy atom. The van der Waals surface area contributed by atoms with Gasteiger partial charge in [0, 0.05) is 19.2 Å². The van der Waals surface area contributed by atoms with Crippen molar-refractivity contribution in [3.05, 3.63) is 39.7 Å². The first kappa shape index (κ1) is 17.2. The molecule has 5 nitrogen and oxygen atoms in total. The van der Waals surface area contributed by atoms with Gasteiger partial charge in [0.15, 0.2) is 0 Å². The van der Waals surface area contributed by atoms with E-state index < -0.39 is 18.3 Å². The summed E-state index contributed by atoms with van der Waals surface area (Å²) in [6.07, 6.45) is -0.981.